The monoisotopic (exact) mass is 286 g/mol. The molecule has 1 aromatic carbocycles. The highest BCUT2D eigenvalue weighted by Gasteiger charge is 2.12. The second-order valence-electron chi connectivity index (χ2n) is 4.20. The van der Waals surface area contributed by atoms with E-state index in [0.29, 0.717) is 11.4 Å². The van der Waals surface area contributed by atoms with Gasteiger partial charge in [-0.2, -0.15) is 0 Å². The summed E-state index contributed by atoms with van der Waals surface area (Å²) < 4.78 is 6.92. The minimum absolute atomic E-state index is 0.179. The third kappa shape index (κ3) is 2.71. The Bertz CT molecular complexity index is 776. The summed E-state index contributed by atoms with van der Waals surface area (Å²) in [4.78, 5) is 10.8. The fourth-order valence-corrected chi connectivity index (χ4v) is 1.64. The number of aromatic nitrogens is 5. The summed E-state index contributed by atoms with van der Waals surface area (Å²) in [5, 5.41) is 27.0. The van der Waals surface area contributed by atoms with Crippen molar-refractivity contribution in [1.82, 2.24) is 25.2 Å². The molecular formula is C12H10N6O3. The number of hydrogen-bond donors (Lipinski definition) is 2. The van der Waals surface area contributed by atoms with Gasteiger partial charge in [0, 0.05) is 12.7 Å². The summed E-state index contributed by atoms with van der Waals surface area (Å²) in [6.45, 7) is 0. The molecule has 0 fully saturated rings. The van der Waals surface area contributed by atoms with Crippen molar-refractivity contribution in [3.63, 3.8) is 0 Å². The SMILES string of the molecule is Cn1cc(-c2nnc(Nc3ccc(C(=O)O)cc3)o2)nn1. The van der Waals surface area contributed by atoms with Crippen LogP contribution in [0, 0.1) is 0 Å². The number of carboxylic acids is 1. The van der Waals surface area contributed by atoms with E-state index in [9.17, 15) is 4.79 Å². The van der Waals surface area contributed by atoms with Gasteiger partial charge in [-0.05, 0) is 24.3 Å². The van der Waals surface area contributed by atoms with E-state index in [0.717, 1.165) is 0 Å². The van der Waals surface area contributed by atoms with Gasteiger partial charge in [0.25, 0.3) is 5.89 Å². The van der Waals surface area contributed by atoms with Crippen LogP contribution in [0.2, 0.25) is 0 Å². The fourth-order valence-electron chi connectivity index (χ4n) is 1.64. The summed E-state index contributed by atoms with van der Waals surface area (Å²) in [5.41, 5.74) is 1.31. The number of rotatable bonds is 4. The first kappa shape index (κ1) is 12.8. The molecule has 0 aliphatic carbocycles. The van der Waals surface area contributed by atoms with Crippen LogP contribution in [0.15, 0.2) is 34.9 Å². The zero-order valence-electron chi connectivity index (χ0n) is 10.9. The van der Waals surface area contributed by atoms with Crippen molar-refractivity contribution < 1.29 is 14.3 Å². The van der Waals surface area contributed by atoms with Crippen LogP contribution in [-0.4, -0.2) is 36.3 Å². The van der Waals surface area contributed by atoms with Gasteiger partial charge in [0.15, 0.2) is 5.69 Å². The van der Waals surface area contributed by atoms with Crippen LogP contribution in [0.1, 0.15) is 10.4 Å². The Kier molecular flexibility index (Phi) is 3.07. The van der Waals surface area contributed by atoms with E-state index in [1.54, 1.807) is 25.4 Å². The first-order valence-electron chi connectivity index (χ1n) is 5.92. The third-order valence-corrected chi connectivity index (χ3v) is 2.63. The van der Waals surface area contributed by atoms with Crippen LogP contribution >= 0.6 is 0 Å². The van der Waals surface area contributed by atoms with Crippen molar-refractivity contribution in [2.24, 2.45) is 7.05 Å². The van der Waals surface area contributed by atoms with Crippen LogP contribution in [-0.2, 0) is 7.05 Å². The van der Waals surface area contributed by atoms with E-state index < -0.39 is 5.97 Å². The molecule has 0 spiro atoms. The molecule has 9 heteroatoms. The quantitative estimate of drug-likeness (QED) is 0.736. The third-order valence-electron chi connectivity index (χ3n) is 2.63. The highest BCUT2D eigenvalue weighted by molar-refractivity contribution is 5.88. The number of hydrogen-bond acceptors (Lipinski definition) is 7. The number of benzene rings is 1. The van der Waals surface area contributed by atoms with Gasteiger partial charge in [-0.3, -0.25) is 4.68 Å². The molecule has 0 saturated carbocycles. The summed E-state index contributed by atoms with van der Waals surface area (Å²) in [6.07, 6.45) is 1.65. The van der Waals surface area contributed by atoms with E-state index in [1.165, 1.54) is 16.8 Å². The lowest BCUT2D eigenvalue weighted by atomic mass is 10.2. The van der Waals surface area contributed by atoms with Crippen LogP contribution < -0.4 is 5.32 Å². The second kappa shape index (κ2) is 5.04. The minimum Gasteiger partial charge on any atom is -0.478 e. The molecule has 0 unspecified atom stereocenters. The van der Waals surface area contributed by atoms with Crippen molar-refractivity contribution in [3.8, 4) is 11.6 Å². The summed E-state index contributed by atoms with van der Waals surface area (Å²) in [6, 6.07) is 6.35. The molecule has 0 radical (unpaired) electrons. The smallest absolute Gasteiger partial charge is 0.335 e. The molecule has 3 aromatic rings. The molecular weight excluding hydrogens is 276 g/mol. The van der Waals surface area contributed by atoms with Crippen molar-refractivity contribution >= 4 is 17.7 Å². The first-order chi connectivity index (χ1) is 10.1. The van der Waals surface area contributed by atoms with Crippen molar-refractivity contribution in [2.45, 2.75) is 0 Å². The Morgan fingerprint density at radius 3 is 2.62 bits per heavy atom. The molecule has 0 aliphatic heterocycles. The summed E-state index contributed by atoms with van der Waals surface area (Å²) in [5.74, 6) is -0.739. The van der Waals surface area contributed by atoms with Gasteiger partial charge in [0.05, 0.1) is 11.8 Å². The highest BCUT2D eigenvalue weighted by atomic mass is 16.4. The number of carboxylic acid groups (broad SMARTS) is 1. The van der Waals surface area contributed by atoms with Gasteiger partial charge in [0.2, 0.25) is 0 Å². The van der Waals surface area contributed by atoms with E-state index in [2.05, 4.69) is 25.8 Å². The van der Waals surface area contributed by atoms with Crippen molar-refractivity contribution in [1.29, 1.82) is 0 Å². The van der Waals surface area contributed by atoms with Gasteiger partial charge in [-0.25, -0.2) is 4.79 Å². The normalized spacial score (nSPS) is 10.5. The molecule has 21 heavy (non-hydrogen) atoms. The topological polar surface area (TPSA) is 119 Å². The summed E-state index contributed by atoms with van der Waals surface area (Å²) in [7, 11) is 1.73. The standard InChI is InChI=1S/C12H10N6O3/c1-18-6-9(14-17-18)10-15-16-12(21-10)13-8-4-2-7(3-5-8)11(19)20/h2-6H,1H3,(H,13,16)(H,19,20). The second-order valence-corrected chi connectivity index (χ2v) is 4.20. The molecule has 0 aliphatic rings. The molecule has 0 atom stereocenters. The lowest BCUT2D eigenvalue weighted by Gasteiger charge is -2.01. The van der Waals surface area contributed by atoms with Gasteiger partial charge in [-0.1, -0.05) is 10.3 Å². The van der Waals surface area contributed by atoms with E-state index >= 15 is 0 Å². The number of aryl methyl sites for hydroxylation is 1. The van der Waals surface area contributed by atoms with Gasteiger partial charge in [-0.15, -0.1) is 10.2 Å². The zero-order valence-corrected chi connectivity index (χ0v) is 10.9. The maximum atomic E-state index is 10.8. The number of carbonyl (C=O) groups is 1. The number of nitrogens with zero attached hydrogens (tertiary/aromatic N) is 5. The zero-order chi connectivity index (χ0) is 14.8. The van der Waals surface area contributed by atoms with E-state index in [-0.39, 0.29) is 17.5 Å². The number of nitrogens with one attached hydrogen (secondary N) is 1. The van der Waals surface area contributed by atoms with Crippen LogP contribution in [0.5, 0.6) is 0 Å². The Balaban J connectivity index is 1.76. The fraction of sp³-hybridized carbons (Fsp3) is 0.0833. The minimum atomic E-state index is -0.982. The Morgan fingerprint density at radius 1 is 1.24 bits per heavy atom. The molecule has 0 bridgehead atoms. The molecule has 3 rings (SSSR count). The van der Waals surface area contributed by atoms with Crippen LogP contribution in [0.4, 0.5) is 11.7 Å². The van der Waals surface area contributed by atoms with Gasteiger partial charge < -0.3 is 14.8 Å². The Hall–Kier alpha value is -3.23. The average Bonchev–Trinajstić information content (AvgIpc) is 3.08. The number of aromatic carboxylic acids is 1. The molecule has 2 N–H and O–H groups in total. The van der Waals surface area contributed by atoms with Gasteiger partial charge in [0.1, 0.15) is 0 Å². The number of anilines is 2. The van der Waals surface area contributed by atoms with E-state index in [1.807, 2.05) is 0 Å². The highest BCUT2D eigenvalue weighted by Crippen LogP contribution is 2.20. The molecule has 9 nitrogen and oxygen atoms in total. The van der Waals surface area contributed by atoms with Gasteiger partial charge >= 0.3 is 12.0 Å². The average molecular weight is 286 g/mol. The Labute approximate surface area is 118 Å². The van der Waals surface area contributed by atoms with Crippen molar-refractivity contribution in [3.05, 3.63) is 36.0 Å². The first-order valence-corrected chi connectivity index (χ1v) is 5.92. The molecule has 0 saturated heterocycles. The van der Waals surface area contributed by atoms with Crippen molar-refractivity contribution in [2.75, 3.05) is 5.32 Å². The predicted molar refractivity (Wildman–Crippen MR) is 71.0 cm³/mol. The molecule has 106 valence electrons. The predicted octanol–water partition coefficient (Wildman–Crippen LogP) is 1.31. The maximum absolute atomic E-state index is 10.8. The molecule has 2 heterocycles. The Morgan fingerprint density at radius 2 is 2.00 bits per heavy atom. The lowest BCUT2D eigenvalue weighted by Crippen LogP contribution is -1.96. The largest absolute Gasteiger partial charge is 0.478 e. The molecule has 2 aromatic heterocycles. The van der Waals surface area contributed by atoms with E-state index in [4.69, 9.17) is 9.52 Å². The summed E-state index contributed by atoms with van der Waals surface area (Å²) >= 11 is 0. The lowest BCUT2D eigenvalue weighted by molar-refractivity contribution is 0.0697. The molecule has 0 amide bonds. The van der Waals surface area contributed by atoms with Crippen LogP contribution in [0.3, 0.4) is 0 Å². The maximum Gasteiger partial charge on any atom is 0.335 e. The van der Waals surface area contributed by atoms with Crippen LogP contribution in [0.25, 0.3) is 11.6 Å².